The van der Waals surface area contributed by atoms with Gasteiger partial charge in [0.25, 0.3) is 0 Å². The van der Waals surface area contributed by atoms with E-state index in [4.69, 9.17) is 14.7 Å². The normalized spacial score (nSPS) is 18.3. The Morgan fingerprint density at radius 2 is 2.23 bits per heavy atom. The van der Waals surface area contributed by atoms with Gasteiger partial charge >= 0.3 is 0 Å². The predicted octanol–water partition coefficient (Wildman–Crippen LogP) is 2.52. The van der Waals surface area contributed by atoms with E-state index in [2.05, 4.69) is 26.9 Å². The van der Waals surface area contributed by atoms with Gasteiger partial charge in [-0.1, -0.05) is 12.1 Å². The summed E-state index contributed by atoms with van der Waals surface area (Å²) in [7, 11) is 1.85. The van der Waals surface area contributed by atoms with Crippen LogP contribution in [-0.2, 0) is 9.53 Å². The molecule has 5 rings (SSSR count). The number of morpholine rings is 1. The summed E-state index contributed by atoms with van der Waals surface area (Å²) in [6.07, 6.45) is 3.81. The van der Waals surface area contributed by atoms with E-state index in [0.717, 1.165) is 41.1 Å². The standard InChI is InChI=1S/C23H28N6O2/c1-15(2)27(3)21(30)13-28-12-16-14-31-10-9-29(16)23-20(28)11-25-22(26-23)18-5-4-6-19-17(18)7-8-24-19/h4-8,11,15-16,24H,9-10,12-14H2,1-3H3. The fourth-order valence-electron chi connectivity index (χ4n) is 4.36. The molecule has 0 aliphatic carbocycles. The number of carbonyl (C=O) groups is 1. The lowest BCUT2D eigenvalue weighted by atomic mass is 10.1. The maximum atomic E-state index is 12.8. The van der Waals surface area contributed by atoms with Crippen molar-refractivity contribution in [2.45, 2.75) is 25.9 Å². The van der Waals surface area contributed by atoms with Crippen LogP contribution in [0.25, 0.3) is 22.3 Å². The summed E-state index contributed by atoms with van der Waals surface area (Å²) in [6, 6.07) is 8.50. The Labute approximate surface area is 181 Å². The molecule has 2 aromatic heterocycles. The Morgan fingerprint density at radius 3 is 3.06 bits per heavy atom. The number of rotatable bonds is 4. The lowest BCUT2D eigenvalue weighted by Gasteiger charge is -2.45. The van der Waals surface area contributed by atoms with E-state index in [0.29, 0.717) is 25.6 Å². The van der Waals surface area contributed by atoms with Gasteiger partial charge in [0.2, 0.25) is 5.91 Å². The number of nitrogens with zero attached hydrogens (tertiary/aromatic N) is 5. The van der Waals surface area contributed by atoms with Gasteiger partial charge in [-0.05, 0) is 26.0 Å². The van der Waals surface area contributed by atoms with Gasteiger partial charge in [0.15, 0.2) is 11.6 Å². The van der Waals surface area contributed by atoms with Gasteiger partial charge < -0.3 is 24.4 Å². The molecule has 1 aromatic carbocycles. The highest BCUT2D eigenvalue weighted by Gasteiger charge is 2.36. The largest absolute Gasteiger partial charge is 0.377 e. The number of aromatic nitrogens is 3. The van der Waals surface area contributed by atoms with Gasteiger partial charge in [0.1, 0.15) is 0 Å². The lowest BCUT2D eigenvalue weighted by molar-refractivity contribution is -0.129. The molecular weight excluding hydrogens is 392 g/mol. The highest BCUT2D eigenvalue weighted by molar-refractivity contribution is 5.94. The summed E-state index contributed by atoms with van der Waals surface area (Å²) in [4.78, 5) is 32.0. The fourth-order valence-corrected chi connectivity index (χ4v) is 4.36. The Morgan fingerprint density at radius 1 is 1.35 bits per heavy atom. The molecule has 1 atom stereocenters. The van der Waals surface area contributed by atoms with E-state index in [1.54, 1.807) is 4.90 Å². The van der Waals surface area contributed by atoms with E-state index in [1.165, 1.54) is 0 Å². The Hall–Kier alpha value is -3.13. The maximum absolute atomic E-state index is 12.8. The highest BCUT2D eigenvalue weighted by Crippen LogP contribution is 2.36. The van der Waals surface area contributed by atoms with Crippen LogP contribution in [0.3, 0.4) is 0 Å². The molecule has 2 aliphatic rings. The summed E-state index contributed by atoms with van der Waals surface area (Å²) in [5.41, 5.74) is 2.97. The number of hydrogen-bond acceptors (Lipinski definition) is 6. The molecule has 1 N–H and O–H groups in total. The van der Waals surface area contributed by atoms with Crippen LogP contribution in [0.1, 0.15) is 13.8 Å². The second-order valence-electron chi connectivity index (χ2n) is 8.55. The third-order valence-electron chi connectivity index (χ3n) is 6.35. The molecule has 162 valence electrons. The van der Waals surface area contributed by atoms with E-state index >= 15 is 0 Å². The van der Waals surface area contributed by atoms with Crippen LogP contribution < -0.4 is 9.80 Å². The smallest absolute Gasteiger partial charge is 0.242 e. The minimum absolute atomic E-state index is 0.0901. The first-order valence-electron chi connectivity index (χ1n) is 10.8. The van der Waals surface area contributed by atoms with E-state index < -0.39 is 0 Å². The number of aromatic amines is 1. The van der Waals surface area contributed by atoms with Crippen LogP contribution in [0.4, 0.5) is 11.5 Å². The number of carbonyl (C=O) groups excluding carboxylic acids is 1. The number of likely N-dealkylation sites (N-methyl/N-ethyl adjacent to an activating group) is 1. The van der Waals surface area contributed by atoms with E-state index in [1.807, 2.05) is 45.4 Å². The quantitative estimate of drug-likeness (QED) is 0.699. The van der Waals surface area contributed by atoms with Crippen molar-refractivity contribution in [3.8, 4) is 11.4 Å². The van der Waals surface area contributed by atoms with Crippen LogP contribution in [0, 0.1) is 0 Å². The van der Waals surface area contributed by atoms with Gasteiger partial charge in [-0.25, -0.2) is 9.97 Å². The van der Waals surface area contributed by atoms with Crippen LogP contribution in [-0.4, -0.2) is 77.7 Å². The van der Waals surface area contributed by atoms with Crippen molar-refractivity contribution < 1.29 is 9.53 Å². The highest BCUT2D eigenvalue weighted by atomic mass is 16.5. The fraction of sp³-hybridized carbons (Fsp3) is 0.435. The zero-order valence-electron chi connectivity index (χ0n) is 18.2. The molecule has 0 radical (unpaired) electrons. The van der Waals surface area contributed by atoms with Gasteiger partial charge in [-0.2, -0.15) is 0 Å². The van der Waals surface area contributed by atoms with Crippen LogP contribution in [0.5, 0.6) is 0 Å². The zero-order valence-corrected chi connectivity index (χ0v) is 18.2. The lowest BCUT2D eigenvalue weighted by Crippen LogP contribution is -2.57. The van der Waals surface area contributed by atoms with Crippen molar-refractivity contribution >= 4 is 28.3 Å². The van der Waals surface area contributed by atoms with Crippen molar-refractivity contribution in [1.29, 1.82) is 0 Å². The minimum atomic E-state index is 0.0901. The number of hydrogen-bond donors (Lipinski definition) is 1. The minimum Gasteiger partial charge on any atom is -0.377 e. The molecule has 3 aromatic rings. The summed E-state index contributed by atoms with van der Waals surface area (Å²) in [5.74, 6) is 1.67. The summed E-state index contributed by atoms with van der Waals surface area (Å²) < 4.78 is 5.74. The number of fused-ring (bicyclic) bond motifs is 4. The number of amides is 1. The van der Waals surface area contributed by atoms with Crippen molar-refractivity contribution in [3.63, 3.8) is 0 Å². The Kier molecular flexibility index (Phi) is 5.02. The first kappa shape index (κ1) is 19.8. The van der Waals surface area contributed by atoms with Gasteiger partial charge in [0, 0.05) is 48.8 Å². The second-order valence-corrected chi connectivity index (χ2v) is 8.55. The monoisotopic (exact) mass is 420 g/mol. The molecule has 8 nitrogen and oxygen atoms in total. The molecule has 1 saturated heterocycles. The Bertz CT molecular complexity index is 1110. The predicted molar refractivity (Wildman–Crippen MR) is 121 cm³/mol. The molecule has 0 bridgehead atoms. The number of benzene rings is 1. The third-order valence-corrected chi connectivity index (χ3v) is 6.35. The summed E-state index contributed by atoms with van der Waals surface area (Å²) in [5, 5.41) is 1.10. The van der Waals surface area contributed by atoms with Crippen molar-refractivity contribution in [1.82, 2.24) is 19.9 Å². The molecule has 1 fully saturated rings. The molecule has 0 saturated carbocycles. The van der Waals surface area contributed by atoms with Crippen molar-refractivity contribution in [3.05, 3.63) is 36.7 Å². The van der Waals surface area contributed by atoms with Gasteiger partial charge in [-0.15, -0.1) is 0 Å². The topological polar surface area (TPSA) is 77.6 Å². The second kappa shape index (κ2) is 7.85. The molecule has 0 spiro atoms. The third kappa shape index (κ3) is 3.50. The average molecular weight is 421 g/mol. The molecule has 1 unspecified atom stereocenters. The molecule has 2 aliphatic heterocycles. The first-order valence-corrected chi connectivity index (χ1v) is 10.8. The maximum Gasteiger partial charge on any atom is 0.242 e. The molecule has 8 heteroatoms. The summed E-state index contributed by atoms with van der Waals surface area (Å²) in [6.45, 7) is 7.18. The zero-order chi connectivity index (χ0) is 21.5. The number of anilines is 2. The van der Waals surface area contributed by atoms with Gasteiger partial charge in [-0.3, -0.25) is 4.79 Å². The molecular formula is C23H28N6O2. The SMILES string of the molecule is CC(C)N(C)C(=O)CN1CC2COCCN2c2nc(-c3cccc4[nH]ccc34)ncc21. The van der Waals surface area contributed by atoms with Crippen molar-refractivity contribution in [2.24, 2.45) is 0 Å². The molecule has 31 heavy (non-hydrogen) atoms. The summed E-state index contributed by atoms with van der Waals surface area (Å²) >= 11 is 0. The van der Waals surface area contributed by atoms with Gasteiger partial charge in [0.05, 0.1) is 37.7 Å². The molecule has 4 heterocycles. The van der Waals surface area contributed by atoms with Crippen LogP contribution >= 0.6 is 0 Å². The van der Waals surface area contributed by atoms with E-state index in [-0.39, 0.29) is 18.0 Å². The number of ether oxygens (including phenoxy) is 1. The number of H-pyrrole nitrogens is 1. The van der Waals surface area contributed by atoms with Crippen LogP contribution in [0.15, 0.2) is 36.7 Å². The van der Waals surface area contributed by atoms with Crippen LogP contribution in [0.2, 0.25) is 0 Å². The van der Waals surface area contributed by atoms with Crippen molar-refractivity contribution in [2.75, 3.05) is 49.7 Å². The molecule has 1 amide bonds. The first-order chi connectivity index (χ1) is 15.0. The number of nitrogens with one attached hydrogen (secondary N) is 1. The Balaban J connectivity index is 1.55. The average Bonchev–Trinajstić information content (AvgIpc) is 3.27. The van der Waals surface area contributed by atoms with E-state index in [9.17, 15) is 4.79 Å².